The molecular weight excluding hydrogens is 442 g/mol. The normalized spacial score (nSPS) is 15.1. The number of allylic oxidation sites excluding steroid dienone is 1. The molecule has 1 atom stereocenters. The number of amides is 1. The maximum Gasteiger partial charge on any atom is 0.262 e. The summed E-state index contributed by atoms with van der Waals surface area (Å²) < 4.78 is 34.1. The lowest BCUT2D eigenvalue weighted by Crippen LogP contribution is -2.32. The minimum absolute atomic E-state index is 0.180. The van der Waals surface area contributed by atoms with Gasteiger partial charge in [0.15, 0.2) is 0 Å². The van der Waals surface area contributed by atoms with E-state index in [1.807, 2.05) is 31.2 Å². The van der Waals surface area contributed by atoms with Crippen LogP contribution in [0.5, 0.6) is 5.75 Å². The van der Waals surface area contributed by atoms with Crippen molar-refractivity contribution >= 4 is 32.9 Å². The van der Waals surface area contributed by atoms with E-state index in [4.69, 9.17) is 4.74 Å². The van der Waals surface area contributed by atoms with Crippen LogP contribution in [0.15, 0.2) is 61.3 Å². The van der Waals surface area contributed by atoms with Crippen molar-refractivity contribution in [3.05, 3.63) is 88.9 Å². The van der Waals surface area contributed by atoms with Crippen LogP contribution in [0.3, 0.4) is 0 Å². The van der Waals surface area contributed by atoms with Crippen molar-refractivity contribution in [3.63, 3.8) is 0 Å². The number of halogens is 2. The van der Waals surface area contributed by atoms with Crippen LogP contribution in [0.2, 0.25) is 0 Å². The summed E-state index contributed by atoms with van der Waals surface area (Å²) in [5.41, 5.74) is 3.12. The fourth-order valence-corrected chi connectivity index (χ4v) is 5.51. The number of carbonyl (C=O) groups is 1. The number of thiophene rings is 1. The molecule has 4 nitrogen and oxygen atoms in total. The number of ether oxygens (including phenoxy) is 1. The average molecular weight is 463 g/mol. The molecule has 0 fully saturated rings. The van der Waals surface area contributed by atoms with Crippen LogP contribution in [0.4, 0.5) is 8.78 Å². The van der Waals surface area contributed by atoms with E-state index in [0.29, 0.717) is 39.4 Å². The Morgan fingerprint density at radius 3 is 2.70 bits per heavy atom. The highest BCUT2D eigenvalue weighted by molar-refractivity contribution is 7.21. The van der Waals surface area contributed by atoms with E-state index < -0.39 is 11.6 Å². The van der Waals surface area contributed by atoms with Gasteiger partial charge in [-0.3, -0.25) is 9.78 Å². The number of carbonyl (C=O) groups excluding carboxylic acids is 1. The predicted octanol–water partition coefficient (Wildman–Crippen LogP) is 6.53. The molecule has 0 unspecified atom stereocenters. The van der Waals surface area contributed by atoms with Crippen molar-refractivity contribution in [3.8, 4) is 17.0 Å². The highest BCUT2D eigenvalue weighted by Crippen LogP contribution is 2.41. The van der Waals surface area contributed by atoms with Crippen LogP contribution in [0, 0.1) is 11.6 Å². The highest BCUT2D eigenvalue weighted by Gasteiger charge is 2.27. The molecule has 33 heavy (non-hydrogen) atoms. The molecule has 2 aromatic heterocycles. The summed E-state index contributed by atoms with van der Waals surface area (Å²) in [7, 11) is 0. The zero-order valence-corrected chi connectivity index (χ0v) is 18.6. The molecule has 0 saturated heterocycles. The number of nitrogens with one attached hydrogen (secondary N) is 1. The molecular formula is C26H20F2N2O2S. The molecule has 1 aliphatic heterocycles. The summed E-state index contributed by atoms with van der Waals surface area (Å²) in [5, 5.41) is 3.91. The summed E-state index contributed by atoms with van der Waals surface area (Å²) in [4.78, 5) is 18.3. The van der Waals surface area contributed by atoms with Gasteiger partial charge < -0.3 is 10.1 Å². The second-order valence-corrected chi connectivity index (χ2v) is 9.00. The van der Waals surface area contributed by atoms with Crippen molar-refractivity contribution < 1.29 is 18.3 Å². The molecule has 166 valence electrons. The van der Waals surface area contributed by atoms with E-state index >= 15 is 0 Å². The molecule has 0 saturated carbocycles. The van der Waals surface area contributed by atoms with Gasteiger partial charge in [0.2, 0.25) is 0 Å². The van der Waals surface area contributed by atoms with Crippen molar-refractivity contribution in [2.45, 2.75) is 19.4 Å². The van der Waals surface area contributed by atoms with E-state index in [2.05, 4.69) is 16.9 Å². The molecule has 2 aromatic carbocycles. The Balaban J connectivity index is 1.59. The van der Waals surface area contributed by atoms with Crippen LogP contribution >= 0.6 is 11.3 Å². The SMILES string of the molecule is C=C(C)c1c(C(=O)N[C@H]2CCOc3ccccc32)sc2c(-c3cc(F)cc(F)c3)nccc12. The molecule has 0 bridgehead atoms. The van der Waals surface area contributed by atoms with Gasteiger partial charge >= 0.3 is 0 Å². The number of nitrogens with zero attached hydrogens (tertiary/aromatic N) is 1. The summed E-state index contributed by atoms with van der Waals surface area (Å²) in [6.45, 7) is 6.42. The Labute approximate surface area is 193 Å². The number of aromatic nitrogens is 1. The van der Waals surface area contributed by atoms with Crippen molar-refractivity contribution in [1.29, 1.82) is 0 Å². The largest absolute Gasteiger partial charge is 0.493 e. The third-order valence-electron chi connectivity index (χ3n) is 5.64. The van der Waals surface area contributed by atoms with Gasteiger partial charge in [-0.25, -0.2) is 8.78 Å². The van der Waals surface area contributed by atoms with Crippen LogP contribution in [-0.2, 0) is 0 Å². The summed E-state index contributed by atoms with van der Waals surface area (Å²) in [6, 6.07) is 12.6. The molecule has 3 heterocycles. The van der Waals surface area contributed by atoms with E-state index in [9.17, 15) is 13.6 Å². The molecule has 4 aromatic rings. The second kappa shape index (κ2) is 8.41. The van der Waals surface area contributed by atoms with Gasteiger partial charge in [-0.15, -0.1) is 11.3 Å². The average Bonchev–Trinajstić information content (AvgIpc) is 3.19. The standard InChI is InChI=1S/C26H20F2N2O2S/c1-14(2)22-19-7-9-29-23(15-11-16(27)13-17(28)12-15)24(19)33-25(22)26(31)30-20-8-10-32-21-6-4-3-5-18(20)21/h3-7,9,11-13,20H,1,8,10H2,2H3,(H,30,31)/t20-/m0/s1. The third-order valence-corrected chi connectivity index (χ3v) is 6.85. The molecule has 0 spiro atoms. The van der Waals surface area contributed by atoms with E-state index in [0.717, 1.165) is 28.3 Å². The summed E-state index contributed by atoms with van der Waals surface area (Å²) in [5.74, 6) is -0.828. The number of hydrogen-bond donors (Lipinski definition) is 1. The smallest absolute Gasteiger partial charge is 0.262 e. The van der Waals surface area contributed by atoms with Gasteiger partial charge in [-0.2, -0.15) is 0 Å². The maximum absolute atomic E-state index is 13.9. The van der Waals surface area contributed by atoms with Gasteiger partial charge in [-0.05, 0) is 36.8 Å². The lowest BCUT2D eigenvalue weighted by atomic mass is 9.99. The first kappa shape index (κ1) is 21.3. The first-order chi connectivity index (χ1) is 15.9. The van der Waals surface area contributed by atoms with Crippen LogP contribution < -0.4 is 10.1 Å². The fourth-order valence-electron chi connectivity index (χ4n) is 4.22. The Bertz CT molecular complexity index is 1390. The maximum atomic E-state index is 13.9. The fraction of sp³-hybridized carbons (Fsp3) is 0.154. The molecule has 1 N–H and O–H groups in total. The molecule has 1 amide bonds. The topological polar surface area (TPSA) is 51.2 Å². The summed E-state index contributed by atoms with van der Waals surface area (Å²) >= 11 is 1.25. The number of para-hydroxylation sites is 1. The Kier molecular flexibility index (Phi) is 5.42. The van der Waals surface area contributed by atoms with Crippen molar-refractivity contribution in [2.24, 2.45) is 0 Å². The third kappa shape index (κ3) is 3.89. The first-order valence-corrected chi connectivity index (χ1v) is 11.3. The molecule has 7 heteroatoms. The Hall–Kier alpha value is -3.58. The second-order valence-electron chi connectivity index (χ2n) is 7.98. The van der Waals surface area contributed by atoms with Gasteiger partial charge in [0.1, 0.15) is 22.3 Å². The van der Waals surface area contributed by atoms with E-state index in [-0.39, 0.29) is 11.9 Å². The predicted molar refractivity (Wildman–Crippen MR) is 126 cm³/mol. The number of benzene rings is 2. The van der Waals surface area contributed by atoms with Crippen LogP contribution in [-0.4, -0.2) is 17.5 Å². The first-order valence-electron chi connectivity index (χ1n) is 10.5. The summed E-state index contributed by atoms with van der Waals surface area (Å²) in [6.07, 6.45) is 2.24. The molecule has 0 radical (unpaired) electrons. The lowest BCUT2D eigenvalue weighted by Gasteiger charge is -2.26. The van der Waals surface area contributed by atoms with Crippen LogP contribution in [0.25, 0.3) is 26.9 Å². The zero-order valence-electron chi connectivity index (χ0n) is 17.8. The van der Waals surface area contributed by atoms with Gasteiger partial charge in [0.05, 0.1) is 23.0 Å². The molecule has 0 aliphatic carbocycles. The number of pyridine rings is 1. The monoisotopic (exact) mass is 462 g/mol. The van der Waals surface area contributed by atoms with Gasteiger partial charge in [-0.1, -0.05) is 24.8 Å². The quantitative estimate of drug-likeness (QED) is 0.375. The van der Waals surface area contributed by atoms with E-state index in [1.54, 1.807) is 12.3 Å². The zero-order chi connectivity index (χ0) is 23.1. The van der Waals surface area contributed by atoms with Gasteiger partial charge in [0.25, 0.3) is 5.91 Å². The van der Waals surface area contributed by atoms with Crippen molar-refractivity contribution in [2.75, 3.05) is 6.61 Å². The number of rotatable bonds is 4. The number of hydrogen-bond acceptors (Lipinski definition) is 4. The molecule has 1 aliphatic rings. The minimum Gasteiger partial charge on any atom is -0.493 e. The Morgan fingerprint density at radius 1 is 1.18 bits per heavy atom. The van der Waals surface area contributed by atoms with Crippen molar-refractivity contribution in [1.82, 2.24) is 10.3 Å². The number of fused-ring (bicyclic) bond motifs is 2. The highest BCUT2D eigenvalue weighted by atomic mass is 32.1. The van der Waals surface area contributed by atoms with Gasteiger partial charge in [0, 0.05) is 40.8 Å². The Morgan fingerprint density at radius 2 is 1.94 bits per heavy atom. The van der Waals surface area contributed by atoms with E-state index in [1.165, 1.54) is 23.5 Å². The van der Waals surface area contributed by atoms with Crippen LogP contribution in [0.1, 0.15) is 40.2 Å². The lowest BCUT2D eigenvalue weighted by molar-refractivity contribution is 0.0928. The minimum atomic E-state index is -0.684. The molecule has 5 rings (SSSR count).